The number of aryl methyl sites for hydroxylation is 1. The molecular formula is C15H13NO. The summed E-state index contributed by atoms with van der Waals surface area (Å²) in [6.07, 6.45) is 0. The topological polar surface area (TPSA) is 21.6 Å². The van der Waals surface area contributed by atoms with E-state index in [4.69, 9.17) is 4.74 Å². The van der Waals surface area contributed by atoms with Crippen LogP contribution in [-0.4, -0.2) is 12.3 Å². The van der Waals surface area contributed by atoms with Crippen molar-refractivity contribution in [3.63, 3.8) is 0 Å². The van der Waals surface area contributed by atoms with E-state index < -0.39 is 0 Å². The molecule has 2 heteroatoms. The normalized spacial score (nSPS) is 13.6. The van der Waals surface area contributed by atoms with Gasteiger partial charge in [0.15, 0.2) is 0 Å². The van der Waals surface area contributed by atoms with Crippen LogP contribution in [-0.2, 0) is 0 Å². The van der Waals surface area contributed by atoms with E-state index >= 15 is 0 Å². The molecule has 0 unspecified atom stereocenters. The number of hydrogen-bond donors (Lipinski definition) is 0. The highest BCUT2D eigenvalue weighted by atomic mass is 16.5. The summed E-state index contributed by atoms with van der Waals surface area (Å²) in [6.45, 7) is 2.62. The quantitative estimate of drug-likeness (QED) is 0.725. The number of nitrogens with zero attached hydrogens (tertiary/aromatic N) is 1. The van der Waals surface area contributed by atoms with Crippen molar-refractivity contribution in [2.75, 3.05) is 6.61 Å². The first-order valence-corrected chi connectivity index (χ1v) is 5.69. The van der Waals surface area contributed by atoms with Gasteiger partial charge in [-0.25, -0.2) is 4.99 Å². The van der Waals surface area contributed by atoms with Gasteiger partial charge in [0.25, 0.3) is 0 Å². The Labute approximate surface area is 101 Å². The summed E-state index contributed by atoms with van der Waals surface area (Å²) in [5.41, 5.74) is 4.29. The maximum absolute atomic E-state index is 5.69. The minimum atomic E-state index is 0.542. The van der Waals surface area contributed by atoms with Gasteiger partial charge in [-0.15, -0.1) is 0 Å². The molecule has 0 aliphatic carbocycles. The number of para-hydroxylation sites is 2. The van der Waals surface area contributed by atoms with Crippen LogP contribution < -0.4 is 4.74 Å². The van der Waals surface area contributed by atoms with Crippen LogP contribution in [0, 0.1) is 6.92 Å². The fraction of sp³-hybridized carbons (Fsp3) is 0.133. The Balaban J connectivity index is 2.01. The average Bonchev–Trinajstić information content (AvgIpc) is 2.39. The Hall–Kier alpha value is -2.09. The molecule has 0 saturated carbocycles. The summed E-state index contributed by atoms with van der Waals surface area (Å²) in [4.78, 5) is 4.64. The van der Waals surface area contributed by atoms with Gasteiger partial charge in [-0.1, -0.05) is 42.0 Å². The SMILES string of the molecule is Cc1ccc(C2=Nc3ccccc3OC2)cc1. The van der Waals surface area contributed by atoms with E-state index in [2.05, 4.69) is 36.2 Å². The Morgan fingerprint density at radius 3 is 2.59 bits per heavy atom. The molecule has 0 saturated heterocycles. The zero-order valence-electron chi connectivity index (χ0n) is 9.68. The van der Waals surface area contributed by atoms with Gasteiger partial charge in [-0.2, -0.15) is 0 Å². The van der Waals surface area contributed by atoms with E-state index in [0.717, 1.165) is 22.7 Å². The van der Waals surface area contributed by atoms with E-state index in [0.29, 0.717) is 6.61 Å². The van der Waals surface area contributed by atoms with Crippen LogP contribution in [0.1, 0.15) is 11.1 Å². The third-order valence-corrected chi connectivity index (χ3v) is 2.87. The maximum atomic E-state index is 5.69. The van der Waals surface area contributed by atoms with Crippen molar-refractivity contribution >= 4 is 11.4 Å². The predicted molar refractivity (Wildman–Crippen MR) is 69.3 cm³/mol. The highest BCUT2D eigenvalue weighted by Gasteiger charge is 2.13. The Kier molecular flexibility index (Phi) is 2.41. The second-order valence-corrected chi connectivity index (χ2v) is 4.18. The summed E-state index contributed by atoms with van der Waals surface area (Å²) in [7, 11) is 0. The minimum absolute atomic E-state index is 0.542. The predicted octanol–water partition coefficient (Wildman–Crippen LogP) is 3.51. The highest BCUT2D eigenvalue weighted by Crippen LogP contribution is 2.30. The first-order valence-electron chi connectivity index (χ1n) is 5.69. The Morgan fingerprint density at radius 2 is 1.76 bits per heavy atom. The number of ether oxygens (including phenoxy) is 1. The van der Waals surface area contributed by atoms with Crippen molar-refractivity contribution in [2.45, 2.75) is 6.92 Å². The minimum Gasteiger partial charge on any atom is -0.485 e. The highest BCUT2D eigenvalue weighted by molar-refractivity contribution is 6.04. The lowest BCUT2D eigenvalue weighted by Gasteiger charge is -2.16. The number of rotatable bonds is 1. The second-order valence-electron chi connectivity index (χ2n) is 4.18. The fourth-order valence-corrected chi connectivity index (χ4v) is 1.89. The Morgan fingerprint density at radius 1 is 1.00 bits per heavy atom. The van der Waals surface area contributed by atoms with Crippen LogP contribution >= 0.6 is 0 Å². The second kappa shape index (κ2) is 4.06. The van der Waals surface area contributed by atoms with Crippen molar-refractivity contribution < 1.29 is 4.74 Å². The molecule has 0 N–H and O–H groups in total. The molecule has 0 atom stereocenters. The molecule has 0 aromatic heterocycles. The first kappa shape index (κ1) is 10.1. The maximum Gasteiger partial charge on any atom is 0.145 e. The van der Waals surface area contributed by atoms with Gasteiger partial charge in [-0.05, 0) is 24.6 Å². The largest absolute Gasteiger partial charge is 0.485 e. The van der Waals surface area contributed by atoms with Crippen LogP contribution in [0.25, 0.3) is 0 Å². The lowest BCUT2D eigenvalue weighted by Crippen LogP contribution is -2.16. The molecule has 17 heavy (non-hydrogen) atoms. The number of aliphatic imine (C=N–C) groups is 1. The van der Waals surface area contributed by atoms with Crippen LogP contribution in [0.15, 0.2) is 53.5 Å². The molecule has 0 radical (unpaired) electrons. The molecule has 3 rings (SSSR count). The third-order valence-electron chi connectivity index (χ3n) is 2.87. The monoisotopic (exact) mass is 223 g/mol. The summed E-state index contributed by atoms with van der Waals surface area (Å²) in [6, 6.07) is 16.2. The van der Waals surface area contributed by atoms with E-state index in [1.54, 1.807) is 0 Å². The third kappa shape index (κ3) is 1.94. The number of benzene rings is 2. The summed E-state index contributed by atoms with van der Waals surface area (Å²) < 4.78 is 5.69. The van der Waals surface area contributed by atoms with Crippen molar-refractivity contribution in [3.8, 4) is 5.75 Å². The van der Waals surface area contributed by atoms with Gasteiger partial charge in [0.2, 0.25) is 0 Å². The summed E-state index contributed by atoms with van der Waals surface area (Å²) >= 11 is 0. The van der Waals surface area contributed by atoms with Crippen molar-refractivity contribution in [3.05, 3.63) is 59.7 Å². The molecule has 1 aliphatic heterocycles. The van der Waals surface area contributed by atoms with Crippen molar-refractivity contribution in [1.82, 2.24) is 0 Å². The lowest BCUT2D eigenvalue weighted by atomic mass is 10.1. The number of fused-ring (bicyclic) bond motifs is 1. The Bertz CT molecular complexity index is 570. The van der Waals surface area contributed by atoms with Crippen LogP contribution in [0.3, 0.4) is 0 Å². The van der Waals surface area contributed by atoms with Gasteiger partial charge >= 0.3 is 0 Å². The van der Waals surface area contributed by atoms with E-state index in [9.17, 15) is 0 Å². The standard InChI is InChI=1S/C15H13NO/c1-11-6-8-12(9-7-11)14-10-17-15-5-3-2-4-13(15)16-14/h2-9H,10H2,1H3. The average molecular weight is 223 g/mol. The van der Waals surface area contributed by atoms with E-state index in [1.165, 1.54) is 5.56 Å². The fourth-order valence-electron chi connectivity index (χ4n) is 1.89. The molecule has 2 aromatic carbocycles. The molecule has 1 heterocycles. The lowest BCUT2D eigenvalue weighted by molar-refractivity contribution is 0.373. The van der Waals surface area contributed by atoms with Gasteiger partial charge < -0.3 is 4.74 Å². The molecule has 0 fully saturated rings. The number of hydrogen-bond acceptors (Lipinski definition) is 2. The van der Waals surface area contributed by atoms with Crippen LogP contribution in [0.4, 0.5) is 5.69 Å². The van der Waals surface area contributed by atoms with Crippen molar-refractivity contribution in [2.24, 2.45) is 4.99 Å². The van der Waals surface area contributed by atoms with Crippen LogP contribution in [0.2, 0.25) is 0 Å². The van der Waals surface area contributed by atoms with E-state index in [-0.39, 0.29) is 0 Å². The molecule has 0 bridgehead atoms. The van der Waals surface area contributed by atoms with Gasteiger partial charge in [0.1, 0.15) is 18.0 Å². The van der Waals surface area contributed by atoms with Gasteiger partial charge in [-0.3, -0.25) is 0 Å². The van der Waals surface area contributed by atoms with Gasteiger partial charge in [0, 0.05) is 0 Å². The smallest absolute Gasteiger partial charge is 0.145 e. The molecule has 0 amide bonds. The summed E-state index contributed by atoms with van der Waals surface area (Å²) in [5, 5.41) is 0. The van der Waals surface area contributed by atoms with E-state index in [1.807, 2.05) is 24.3 Å². The molecule has 1 aliphatic rings. The zero-order chi connectivity index (χ0) is 11.7. The molecule has 2 aromatic rings. The molecule has 2 nitrogen and oxygen atoms in total. The van der Waals surface area contributed by atoms with Crippen molar-refractivity contribution in [1.29, 1.82) is 0 Å². The van der Waals surface area contributed by atoms with Crippen LogP contribution in [0.5, 0.6) is 5.75 Å². The zero-order valence-corrected chi connectivity index (χ0v) is 9.68. The van der Waals surface area contributed by atoms with Gasteiger partial charge in [0.05, 0.1) is 5.71 Å². The first-order chi connectivity index (χ1) is 8.33. The molecule has 84 valence electrons. The molecular weight excluding hydrogens is 210 g/mol. The molecule has 0 spiro atoms. The summed E-state index contributed by atoms with van der Waals surface area (Å²) in [5.74, 6) is 0.864.